The molecule has 0 fully saturated rings. The number of likely N-dealkylation sites (N-methyl/N-ethyl adjacent to an activating group) is 1. The highest BCUT2D eigenvalue weighted by atomic mass is 16.4. The van der Waals surface area contributed by atoms with Gasteiger partial charge in [-0.1, -0.05) is 0 Å². The van der Waals surface area contributed by atoms with E-state index in [-0.39, 0.29) is 26.7 Å². The van der Waals surface area contributed by atoms with Crippen molar-refractivity contribution in [1.29, 1.82) is 0 Å². The third-order valence-electron chi connectivity index (χ3n) is 2.19. The Bertz CT molecular complexity index is 198. The molecule has 0 aromatic carbocycles. The van der Waals surface area contributed by atoms with Gasteiger partial charge in [-0.05, 0) is 7.02 Å². The van der Waals surface area contributed by atoms with E-state index >= 15 is 0 Å². The minimum absolute atomic E-state index is 0.125. The van der Waals surface area contributed by atoms with Crippen LogP contribution in [-0.2, 0) is 0 Å². The third-order valence-corrected chi connectivity index (χ3v) is 2.19. The van der Waals surface area contributed by atoms with Crippen LogP contribution in [0.4, 0.5) is 0 Å². The molecule has 0 amide bonds. The molecule has 0 radical (unpaired) electrons. The van der Waals surface area contributed by atoms with Gasteiger partial charge in [0.25, 0.3) is 0 Å². The van der Waals surface area contributed by atoms with E-state index in [0.29, 0.717) is 0 Å². The average molecular weight is 240 g/mol. The van der Waals surface area contributed by atoms with Crippen molar-refractivity contribution in [2.24, 2.45) is 0 Å². The van der Waals surface area contributed by atoms with Gasteiger partial charge in [0.05, 0.1) is 19.3 Å². The first kappa shape index (κ1) is 13.8. The van der Waals surface area contributed by atoms with Gasteiger partial charge in [-0.3, -0.25) is 0 Å². The second kappa shape index (κ2) is 7.91. The second-order valence-electron chi connectivity index (χ2n) is 3.60. The van der Waals surface area contributed by atoms with Crippen molar-refractivity contribution in [1.82, 2.24) is 4.90 Å². The highest BCUT2D eigenvalue weighted by molar-refractivity contribution is 4.81. The number of hydrogen-bond acceptors (Lipinski definition) is 7. The third kappa shape index (κ3) is 5.17. The molecule has 7 nitrogen and oxygen atoms in total. The van der Waals surface area contributed by atoms with Crippen molar-refractivity contribution in [3.63, 3.8) is 0 Å². The van der Waals surface area contributed by atoms with E-state index in [2.05, 4.69) is 0 Å². The van der Waals surface area contributed by atoms with Crippen LogP contribution in [0.1, 0.15) is 1.37 Å². The van der Waals surface area contributed by atoms with Crippen molar-refractivity contribution in [2.45, 2.75) is 24.4 Å². The summed E-state index contributed by atoms with van der Waals surface area (Å²) in [6.45, 7) is -0.889. The Hall–Kier alpha value is -0.280. The molecular weight excluding hydrogens is 218 g/mol. The smallest absolute Gasteiger partial charge is 0.111 e. The van der Waals surface area contributed by atoms with Gasteiger partial charge in [-0.2, -0.15) is 0 Å². The minimum atomic E-state index is -1.67. The Kier molecular flexibility index (Phi) is 6.81. The summed E-state index contributed by atoms with van der Waals surface area (Å²) in [6.07, 6.45) is -6.23. The number of aliphatic hydroxyl groups is 6. The van der Waals surface area contributed by atoms with Crippen LogP contribution in [0.25, 0.3) is 0 Å². The van der Waals surface area contributed by atoms with Crippen molar-refractivity contribution in [2.75, 3.05) is 33.3 Å². The summed E-state index contributed by atoms with van der Waals surface area (Å²) in [6, 6.07) is 0. The van der Waals surface area contributed by atoms with Crippen LogP contribution >= 0.6 is 0 Å². The lowest BCUT2D eigenvalue weighted by Crippen LogP contribution is -2.49. The zero-order valence-corrected chi connectivity index (χ0v) is 8.98. The number of nitrogens with zero attached hydrogens (tertiary/aromatic N) is 1. The van der Waals surface area contributed by atoms with E-state index in [1.54, 1.807) is 0 Å². The summed E-state index contributed by atoms with van der Waals surface area (Å²) >= 11 is 0. The molecule has 0 aliphatic rings. The monoisotopic (exact) mass is 240 g/mol. The fourth-order valence-corrected chi connectivity index (χ4v) is 1.17. The molecule has 0 unspecified atom stereocenters. The summed E-state index contributed by atoms with van der Waals surface area (Å²) < 4.78 is 7.10. The Morgan fingerprint density at radius 3 is 2.06 bits per heavy atom. The van der Waals surface area contributed by atoms with Crippen LogP contribution in [-0.4, -0.2) is 93.3 Å². The Balaban J connectivity index is 4.23. The number of hydrogen-bond donors (Lipinski definition) is 6. The van der Waals surface area contributed by atoms with Crippen molar-refractivity contribution in [3.8, 4) is 0 Å². The average Bonchev–Trinajstić information content (AvgIpc) is 2.35. The van der Waals surface area contributed by atoms with Crippen LogP contribution < -0.4 is 0 Å². The fourth-order valence-electron chi connectivity index (χ4n) is 1.17. The van der Waals surface area contributed by atoms with E-state index < -0.39 is 31.0 Å². The first-order valence-corrected chi connectivity index (χ1v) is 4.93. The van der Waals surface area contributed by atoms with Crippen LogP contribution in [0.5, 0.6) is 0 Å². The van der Waals surface area contributed by atoms with Gasteiger partial charge in [-0.25, -0.2) is 0 Å². The molecule has 0 aromatic rings. The zero-order valence-electron chi connectivity index (χ0n) is 9.98. The molecule has 0 aromatic heterocycles. The molecule has 0 spiro atoms. The summed E-state index contributed by atoms with van der Waals surface area (Å²) in [4.78, 5) is 1.35. The molecule has 16 heavy (non-hydrogen) atoms. The Morgan fingerprint density at radius 1 is 1.06 bits per heavy atom. The number of rotatable bonds is 8. The molecule has 98 valence electrons. The molecule has 0 rings (SSSR count). The van der Waals surface area contributed by atoms with Crippen molar-refractivity contribution < 1.29 is 32.0 Å². The molecular formula is C9H21NO6. The van der Waals surface area contributed by atoms with Crippen LogP contribution in [0.2, 0.25) is 0 Å². The summed E-state index contributed by atoms with van der Waals surface area (Å²) in [7, 11) is -0.178. The molecule has 6 N–H and O–H groups in total. The van der Waals surface area contributed by atoms with Crippen molar-refractivity contribution in [3.05, 3.63) is 0 Å². The van der Waals surface area contributed by atoms with Gasteiger partial charge < -0.3 is 35.5 Å². The summed E-state index contributed by atoms with van der Waals surface area (Å²) in [5.74, 6) is 0. The maximum atomic E-state index is 9.55. The van der Waals surface area contributed by atoms with E-state index in [1.807, 2.05) is 0 Å². The maximum Gasteiger partial charge on any atom is 0.111 e. The van der Waals surface area contributed by atoms with Gasteiger partial charge in [0.15, 0.2) is 0 Å². The van der Waals surface area contributed by atoms with Crippen molar-refractivity contribution >= 4 is 0 Å². The van der Waals surface area contributed by atoms with Gasteiger partial charge in [0, 0.05) is 14.5 Å². The normalized spacial score (nSPS) is 20.3. The lowest BCUT2D eigenvalue weighted by molar-refractivity contribution is -0.118. The molecule has 0 heterocycles. The molecule has 0 aliphatic carbocycles. The second-order valence-corrected chi connectivity index (χ2v) is 3.60. The molecule has 7 heteroatoms. The Labute approximate surface area is 95.6 Å². The predicted molar refractivity (Wildman–Crippen MR) is 55.7 cm³/mol. The maximum absolute atomic E-state index is 9.55. The number of aliphatic hydroxyl groups excluding tert-OH is 6. The first-order chi connectivity index (χ1) is 7.97. The van der Waals surface area contributed by atoms with E-state index in [0.717, 1.165) is 0 Å². The highest BCUT2D eigenvalue weighted by Gasteiger charge is 2.30. The lowest BCUT2D eigenvalue weighted by Gasteiger charge is -2.28. The van der Waals surface area contributed by atoms with Gasteiger partial charge in [-0.15, -0.1) is 0 Å². The minimum Gasteiger partial charge on any atom is -0.395 e. The highest BCUT2D eigenvalue weighted by Crippen LogP contribution is 2.06. The zero-order chi connectivity index (χ0) is 13.4. The summed E-state index contributed by atoms with van der Waals surface area (Å²) in [5.41, 5.74) is 0. The molecule has 0 saturated heterocycles. The van der Waals surface area contributed by atoms with Crippen LogP contribution in [0, 0.1) is 0 Å². The van der Waals surface area contributed by atoms with Gasteiger partial charge >= 0.3 is 0 Å². The molecule has 0 saturated carbocycles. The first-order valence-electron chi connectivity index (χ1n) is 5.64. The van der Waals surface area contributed by atoms with Gasteiger partial charge in [0.1, 0.15) is 18.3 Å². The summed E-state index contributed by atoms with van der Waals surface area (Å²) in [5, 5.41) is 54.7. The molecule has 0 aliphatic heterocycles. The Morgan fingerprint density at radius 2 is 1.62 bits per heavy atom. The SMILES string of the molecule is [2H]CN(CCO)C[C@H](O)[C@@H](O)[C@H](O)[C@H](O)CO. The lowest BCUT2D eigenvalue weighted by atomic mass is 10.0. The van der Waals surface area contributed by atoms with E-state index in [9.17, 15) is 15.3 Å². The molecule has 4 atom stereocenters. The topological polar surface area (TPSA) is 125 Å². The quantitative estimate of drug-likeness (QED) is 0.258. The largest absolute Gasteiger partial charge is 0.395 e. The fraction of sp³-hybridized carbons (Fsp3) is 1.00. The van der Waals surface area contributed by atoms with Crippen LogP contribution in [0.3, 0.4) is 0 Å². The molecule has 0 bridgehead atoms. The van der Waals surface area contributed by atoms with E-state index in [1.165, 1.54) is 4.90 Å². The van der Waals surface area contributed by atoms with Crippen LogP contribution in [0.15, 0.2) is 0 Å². The van der Waals surface area contributed by atoms with E-state index in [4.69, 9.17) is 16.7 Å². The standard InChI is InChI=1S/C9H21NO6/c1-10(2-3-11)4-6(13)8(15)9(16)7(14)5-12/h6-9,11-16H,2-5H2,1H3/t6-,7+,8+,9+/m0/s1/i1D. The predicted octanol–water partition coefficient (Wildman–Crippen LogP) is -3.65. The van der Waals surface area contributed by atoms with Gasteiger partial charge in [0.2, 0.25) is 0 Å².